The van der Waals surface area contributed by atoms with Crippen LogP contribution in [0.2, 0.25) is 0 Å². The molecule has 2 aromatic carbocycles. The molecule has 0 saturated heterocycles. The fourth-order valence-corrected chi connectivity index (χ4v) is 4.74. The predicted molar refractivity (Wildman–Crippen MR) is 132 cm³/mol. The van der Waals surface area contributed by atoms with Crippen molar-refractivity contribution in [3.8, 4) is 11.6 Å². The van der Waals surface area contributed by atoms with E-state index < -0.39 is 0 Å². The summed E-state index contributed by atoms with van der Waals surface area (Å²) in [6.45, 7) is 4.02. The molecule has 0 amide bonds. The molecule has 0 spiro atoms. The van der Waals surface area contributed by atoms with Crippen LogP contribution in [0.4, 0.5) is 5.82 Å². The zero-order valence-electron chi connectivity index (χ0n) is 19.0. The van der Waals surface area contributed by atoms with Crippen molar-refractivity contribution in [3.63, 3.8) is 0 Å². The Balaban J connectivity index is 1.65. The Morgan fingerprint density at radius 3 is 2.52 bits per heavy atom. The average molecular weight is 441 g/mol. The molecular weight excluding hydrogens is 412 g/mol. The predicted octanol–water partition coefficient (Wildman–Crippen LogP) is 5.77. The standard InChI is InChI=1S/C27H28N4O2/c1-18-12-13-21(16-19(18)2)30-26(32)23-11-7-6-10-22(23)24(27(30)33)17-28-25-14-15-29-31(25)20-8-4-3-5-9-20/h6-7,10-17,20,33H,3-5,8-9H2,1-2H3. The van der Waals surface area contributed by atoms with E-state index in [1.165, 1.54) is 23.8 Å². The molecule has 1 aliphatic rings. The highest BCUT2D eigenvalue weighted by molar-refractivity contribution is 6.02. The third kappa shape index (κ3) is 3.86. The lowest BCUT2D eigenvalue weighted by Gasteiger charge is -2.22. The van der Waals surface area contributed by atoms with Gasteiger partial charge in [-0.25, -0.2) is 14.2 Å². The molecule has 6 nitrogen and oxygen atoms in total. The second kappa shape index (κ2) is 8.70. The highest BCUT2D eigenvalue weighted by Crippen LogP contribution is 2.32. The molecule has 1 fully saturated rings. The van der Waals surface area contributed by atoms with E-state index in [4.69, 9.17) is 4.99 Å². The van der Waals surface area contributed by atoms with Crippen molar-refractivity contribution >= 4 is 22.8 Å². The van der Waals surface area contributed by atoms with Crippen LogP contribution >= 0.6 is 0 Å². The van der Waals surface area contributed by atoms with Crippen LogP contribution < -0.4 is 5.56 Å². The summed E-state index contributed by atoms with van der Waals surface area (Å²) in [5.74, 6) is 0.642. The molecule has 0 atom stereocenters. The molecule has 0 unspecified atom stereocenters. The second-order valence-electron chi connectivity index (χ2n) is 8.88. The van der Waals surface area contributed by atoms with Crippen molar-refractivity contribution in [2.45, 2.75) is 52.0 Å². The number of hydrogen-bond donors (Lipinski definition) is 1. The third-order valence-corrected chi connectivity index (χ3v) is 6.75. The minimum Gasteiger partial charge on any atom is -0.494 e. The van der Waals surface area contributed by atoms with Crippen molar-refractivity contribution < 1.29 is 5.11 Å². The van der Waals surface area contributed by atoms with Gasteiger partial charge in [-0.2, -0.15) is 5.10 Å². The minimum atomic E-state index is -0.254. The largest absolute Gasteiger partial charge is 0.494 e. The van der Waals surface area contributed by atoms with Crippen molar-refractivity contribution in [3.05, 3.63) is 81.8 Å². The Bertz CT molecular complexity index is 1410. The molecule has 2 heterocycles. The first-order valence-corrected chi connectivity index (χ1v) is 11.6. The molecule has 33 heavy (non-hydrogen) atoms. The highest BCUT2D eigenvalue weighted by atomic mass is 16.3. The summed E-state index contributed by atoms with van der Waals surface area (Å²) in [7, 11) is 0. The first kappa shape index (κ1) is 21.2. The first-order chi connectivity index (χ1) is 16.0. The third-order valence-electron chi connectivity index (χ3n) is 6.75. The Morgan fingerprint density at radius 2 is 1.76 bits per heavy atom. The van der Waals surface area contributed by atoms with Gasteiger partial charge in [-0.05, 0) is 56.0 Å². The number of aliphatic imine (C=N–C) groups is 1. The maximum Gasteiger partial charge on any atom is 0.265 e. The van der Waals surface area contributed by atoms with Gasteiger partial charge in [0.05, 0.1) is 23.5 Å². The van der Waals surface area contributed by atoms with Crippen LogP contribution in [0.15, 0.2) is 64.5 Å². The minimum absolute atomic E-state index is 0.116. The normalized spacial score (nSPS) is 15.0. The average Bonchev–Trinajstić information content (AvgIpc) is 3.30. The van der Waals surface area contributed by atoms with Crippen LogP contribution in [0.1, 0.15) is 54.8 Å². The van der Waals surface area contributed by atoms with Gasteiger partial charge in [-0.1, -0.05) is 43.5 Å². The molecule has 2 aromatic heterocycles. The Kier molecular flexibility index (Phi) is 5.58. The molecule has 1 saturated carbocycles. The maximum absolute atomic E-state index is 13.3. The lowest BCUT2D eigenvalue weighted by atomic mass is 9.96. The summed E-state index contributed by atoms with van der Waals surface area (Å²) >= 11 is 0. The van der Waals surface area contributed by atoms with Crippen molar-refractivity contribution in [1.29, 1.82) is 0 Å². The van der Waals surface area contributed by atoms with Crippen LogP contribution in [-0.4, -0.2) is 25.7 Å². The van der Waals surface area contributed by atoms with Crippen LogP contribution in [0.5, 0.6) is 5.88 Å². The van der Waals surface area contributed by atoms with Crippen LogP contribution in [0.3, 0.4) is 0 Å². The number of aromatic nitrogens is 3. The lowest BCUT2D eigenvalue weighted by Crippen LogP contribution is -2.20. The number of benzene rings is 2. The second-order valence-corrected chi connectivity index (χ2v) is 8.88. The van der Waals surface area contributed by atoms with E-state index in [2.05, 4.69) is 5.10 Å². The Morgan fingerprint density at radius 1 is 1.00 bits per heavy atom. The highest BCUT2D eigenvalue weighted by Gasteiger charge is 2.19. The number of fused-ring (bicyclic) bond motifs is 1. The quantitative estimate of drug-likeness (QED) is 0.410. The van der Waals surface area contributed by atoms with E-state index in [0.717, 1.165) is 29.8 Å². The van der Waals surface area contributed by atoms with Gasteiger partial charge in [0.25, 0.3) is 5.56 Å². The van der Waals surface area contributed by atoms with Gasteiger partial charge >= 0.3 is 0 Å². The fraction of sp³-hybridized carbons (Fsp3) is 0.296. The van der Waals surface area contributed by atoms with Crippen LogP contribution in [0, 0.1) is 13.8 Å². The number of pyridine rings is 1. The molecule has 0 aliphatic heterocycles. The van der Waals surface area contributed by atoms with Crippen LogP contribution in [-0.2, 0) is 0 Å². The van der Waals surface area contributed by atoms with E-state index in [0.29, 0.717) is 28.1 Å². The topological polar surface area (TPSA) is 72.4 Å². The van der Waals surface area contributed by atoms with Crippen LogP contribution in [0.25, 0.3) is 16.5 Å². The van der Waals surface area contributed by atoms with Gasteiger partial charge < -0.3 is 5.11 Å². The molecular formula is C27H28N4O2. The molecule has 0 bridgehead atoms. The van der Waals surface area contributed by atoms with E-state index in [1.54, 1.807) is 18.5 Å². The van der Waals surface area contributed by atoms with Gasteiger partial charge in [-0.15, -0.1) is 0 Å². The van der Waals surface area contributed by atoms with Gasteiger partial charge in [0.15, 0.2) is 5.82 Å². The van der Waals surface area contributed by atoms with Gasteiger partial charge in [0.1, 0.15) is 0 Å². The number of aromatic hydroxyl groups is 1. The zero-order valence-corrected chi connectivity index (χ0v) is 19.0. The molecule has 1 N–H and O–H groups in total. The van der Waals surface area contributed by atoms with Crippen molar-refractivity contribution in [2.24, 2.45) is 4.99 Å². The van der Waals surface area contributed by atoms with E-state index in [1.807, 2.05) is 61.0 Å². The lowest BCUT2D eigenvalue weighted by molar-refractivity contribution is 0.332. The monoisotopic (exact) mass is 440 g/mol. The number of hydrogen-bond acceptors (Lipinski definition) is 4. The first-order valence-electron chi connectivity index (χ1n) is 11.6. The van der Waals surface area contributed by atoms with Gasteiger partial charge in [0.2, 0.25) is 5.88 Å². The molecule has 168 valence electrons. The maximum atomic E-state index is 13.3. The Labute approximate surface area is 192 Å². The molecule has 5 rings (SSSR count). The van der Waals surface area contributed by atoms with E-state index in [-0.39, 0.29) is 11.4 Å². The van der Waals surface area contributed by atoms with E-state index >= 15 is 0 Å². The number of aryl methyl sites for hydroxylation is 2. The smallest absolute Gasteiger partial charge is 0.265 e. The molecule has 4 aromatic rings. The number of rotatable bonds is 4. The van der Waals surface area contributed by atoms with Crippen molar-refractivity contribution in [1.82, 2.24) is 14.3 Å². The number of nitrogens with zero attached hydrogens (tertiary/aromatic N) is 4. The summed E-state index contributed by atoms with van der Waals surface area (Å²) in [6, 6.07) is 15.3. The Hall–Kier alpha value is -3.67. The zero-order chi connectivity index (χ0) is 22.9. The molecule has 0 radical (unpaired) electrons. The summed E-state index contributed by atoms with van der Waals surface area (Å²) in [5.41, 5.74) is 3.08. The van der Waals surface area contributed by atoms with E-state index in [9.17, 15) is 9.90 Å². The SMILES string of the molecule is Cc1ccc(-n2c(O)c(C=Nc3ccnn3C3CCCCC3)c3ccccc3c2=O)cc1C. The van der Waals surface area contributed by atoms with Gasteiger partial charge in [0, 0.05) is 23.1 Å². The summed E-state index contributed by atoms with van der Waals surface area (Å²) in [6.07, 6.45) is 9.34. The summed E-state index contributed by atoms with van der Waals surface area (Å²) < 4.78 is 3.36. The van der Waals surface area contributed by atoms with Crippen molar-refractivity contribution in [2.75, 3.05) is 0 Å². The molecule has 1 aliphatic carbocycles. The van der Waals surface area contributed by atoms with Gasteiger partial charge in [-0.3, -0.25) is 4.79 Å². The molecule has 6 heteroatoms. The fourth-order valence-electron chi connectivity index (χ4n) is 4.74. The summed E-state index contributed by atoms with van der Waals surface area (Å²) in [4.78, 5) is 18.1. The summed E-state index contributed by atoms with van der Waals surface area (Å²) in [5, 5.41) is 17.0.